The van der Waals surface area contributed by atoms with E-state index in [2.05, 4.69) is 40.5 Å². The van der Waals surface area contributed by atoms with Crippen LogP contribution < -0.4 is 25.7 Å². The number of H-pyrrole nitrogens is 1. The number of carbonyl (C=O) groups excluding carboxylic acids is 4. The highest BCUT2D eigenvalue weighted by Gasteiger charge is 2.54. The van der Waals surface area contributed by atoms with Crippen LogP contribution in [0.15, 0.2) is 163 Å². The molecule has 92 heavy (non-hydrogen) atoms. The van der Waals surface area contributed by atoms with Crippen molar-refractivity contribution in [2.45, 2.75) is 82.4 Å². The molecular weight excluding hydrogens is 1230 g/mol. The summed E-state index contributed by atoms with van der Waals surface area (Å²) >= 11 is 5.91. The molecule has 11 rings (SSSR count). The largest absolute Gasteiger partial charge is 0.497 e. The summed E-state index contributed by atoms with van der Waals surface area (Å²) in [6, 6.07) is 41.1. The van der Waals surface area contributed by atoms with Gasteiger partial charge in [-0.1, -0.05) is 119 Å². The van der Waals surface area contributed by atoms with Crippen LogP contribution in [0.3, 0.4) is 0 Å². The van der Waals surface area contributed by atoms with Crippen LogP contribution in [0.5, 0.6) is 11.5 Å². The van der Waals surface area contributed by atoms with Crippen LogP contribution >= 0.6 is 6.72 Å². The van der Waals surface area contributed by atoms with Crippen molar-refractivity contribution in [3.63, 3.8) is 0 Å². The van der Waals surface area contributed by atoms with Gasteiger partial charge >= 0.3 is 18.7 Å². The van der Waals surface area contributed by atoms with E-state index < -0.39 is 109 Å². The van der Waals surface area contributed by atoms with Gasteiger partial charge in [-0.2, -0.15) is 4.98 Å². The first kappa shape index (κ1) is 64.4. The molecule has 28 heteroatoms. The fourth-order valence-corrected chi connectivity index (χ4v) is 12.2. The molecule has 9 aromatic rings. The van der Waals surface area contributed by atoms with Crippen molar-refractivity contribution in [3.05, 3.63) is 197 Å². The first-order valence-corrected chi connectivity index (χ1v) is 31.8. The Balaban J connectivity index is 0.953. The Labute approximate surface area is 531 Å². The lowest BCUT2D eigenvalue weighted by molar-refractivity contribution is -0.172. The number of hydrogen-bond donors (Lipinski definition) is 4. The summed E-state index contributed by atoms with van der Waals surface area (Å²) < 4.78 is 66.4. The Morgan fingerprint density at radius 2 is 1.12 bits per heavy atom. The number of imidazole rings is 2. The van der Waals surface area contributed by atoms with E-state index in [0.717, 1.165) is 0 Å². The van der Waals surface area contributed by atoms with Crippen LogP contribution in [-0.4, -0.2) is 139 Å². The predicted octanol–water partition coefficient (Wildman–Crippen LogP) is 8.05. The standard InChI is InChI=1S/C64H65N10O16PS/c1-36(2)61(78)88-49-46(87-60(52(49)89-62(79)37(3)4)74-35-68-48-55(74)70-63(72-58(48)77)71-57(76)39-19-13-9-14-20-39)32-85-91(80,92)90-50-45(86-59(51(50)83-7)73-34-67-47-53(65-33-66-54(47)73)69-56(75)38-17-11-8-12-18-38)31-84-64(40-21-15-10-16-22-40,41-23-27-43(81-5)28-24-41)42-25-29-44(82-6)30-26-42/h8-30,33-37,45-46,49-52,59-60H,31-32H2,1-7H3,(H,80,92)(H,65,66,69,75)(H2,70,71,72,76,77)/t45-,46-,49-,50-,51-,52-,59-,60-,91?/m1/s1. The molecule has 6 heterocycles. The fourth-order valence-electron chi connectivity index (χ4n) is 10.8. The van der Waals surface area contributed by atoms with Crippen molar-refractivity contribution in [2.75, 3.05) is 45.2 Å². The van der Waals surface area contributed by atoms with Gasteiger partial charge in [0.05, 0.1) is 51.9 Å². The third-order valence-corrected chi connectivity index (χ3v) is 17.0. The molecular formula is C64H65N10O16PS. The maximum Gasteiger partial charge on any atom is 0.325 e. The van der Waals surface area contributed by atoms with Gasteiger partial charge < -0.3 is 52.6 Å². The molecule has 2 fully saturated rings. The Bertz CT molecular complexity index is 4150. The van der Waals surface area contributed by atoms with Crippen molar-refractivity contribution in [1.82, 2.24) is 39.0 Å². The zero-order valence-corrected chi connectivity index (χ0v) is 52.5. The molecule has 9 atom stereocenters. The molecule has 0 saturated carbocycles. The molecule has 0 radical (unpaired) electrons. The summed E-state index contributed by atoms with van der Waals surface area (Å²) in [5.74, 6) is -2.82. The highest BCUT2D eigenvalue weighted by Crippen LogP contribution is 2.52. The summed E-state index contributed by atoms with van der Waals surface area (Å²) in [5.41, 5.74) is 0.716. The Morgan fingerprint density at radius 1 is 0.620 bits per heavy atom. The zero-order valence-electron chi connectivity index (χ0n) is 50.8. The third kappa shape index (κ3) is 13.4. The molecule has 26 nitrogen and oxygen atoms in total. The monoisotopic (exact) mass is 1290 g/mol. The lowest BCUT2D eigenvalue weighted by Crippen LogP contribution is -2.42. The number of aromatic nitrogens is 8. The molecule has 2 aliphatic rings. The van der Waals surface area contributed by atoms with E-state index in [-0.39, 0.29) is 46.3 Å². The molecule has 2 saturated heterocycles. The molecule has 0 bridgehead atoms. The van der Waals surface area contributed by atoms with Gasteiger partial charge in [-0.25, -0.2) is 19.9 Å². The van der Waals surface area contributed by atoms with Gasteiger partial charge in [0.2, 0.25) is 5.95 Å². The van der Waals surface area contributed by atoms with Gasteiger partial charge in [0.25, 0.3) is 17.4 Å². The molecule has 4 N–H and O–H groups in total. The summed E-state index contributed by atoms with van der Waals surface area (Å²) in [5, 5.41) is 5.43. The summed E-state index contributed by atoms with van der Waals surface area (Å²) in [6.45, 7) is 0.829. The molecule has 2 aliphatic heterocycles. The van der Waals surface area contributed by atoms with Gasteiger partial charge in [-0.3, -0.25) is 47.9 Å². The number of benzene rings is 5. The number of amides is 2. The first-order valence-electron chi connectivity index (χ1n) is 29.2. The van der Waals surface area contributed by atoms with Crippen molar-refractivity contribution in [3.8, 4) is 11.5 Å². The number of esters is 2. The number of aromatic amines is 1. The SMILES string of the molecule is COc1ccc(C(OC[C@H]2O[C@@H](n3cnc4c(NC(=O)c5ccccc5)ncnc43)[C@H](OC)[C@@H]2OP(O)(=S)OC[C@H]2O[C@@H](n3cnc4c(=O)[nH]c(NC(=O)c5ccccc5)nc43)[C@H](OC(=O)C(C)C)[C@@H]2OC(=O)C(C)C)(c2ccccc2)c2ccc(OC)cc2)cc1. The molecule has 2 amide bonds. The van der Waals surface area contributed by atoms with Crippen LogP contribution in [0, 0.1) is 11.8 Å². The first-order chi connectivity index (χ1) is 44.4. The minimum absolute atomic E-state index is 0.103. The van der Waals surface area contributed by atoms with E-state index >= 15 is 0 Å². The van der Waals surface area contributed by atoms with E-state index in [1.165, 1.54) is 30.7 Å². The van der Waals surface area contributed by atoms with E-state index in [1.807, 2.05) is 78.9 Å². The average molecular weight is 1290 g/mol. The Kier molecular flexibility index (Phi) is 19.4. The second-order valence-corrected chi connectivity index (χ2v) is 24.8. The third-order valence-electron chi connectivity index (χ3n) is 15.5. The maximum atomic E-state index is 13.7. The van der Waals surface area contributed by atoms with Crippen LogP contribution in [0.4, 0.5) is 11.8 Å². The number of carbonyl (C=O) groups is 4. The number of anilines is 2. The smallest absolute Gasteiger partial charge is 0.325 e. The Hall–Kier alpha value is -9.15. The van der Waals surface area contributed by atoms with Crippen LogP contribution in [0.1, 0.15) is 77.6 Å². The minimum atomic E-state index is -4.61. The second-order valence-electron chi connectivity index (χ2n) is 22.0. The predicted molar refractivity (Wildman–Crippen MR) is 336 cm³/mol. The second kappa shape index (κ2) is 27.8. The minimum Gasteiger partial charge on any atom is -0.497 e. The summed E-state index contributed by atoms with van der Waals surface area (Å²) in [6.07, 6.45) is -6.79. The fraction of sp³-hybridized carbons (Fsp3) is 0.312. The highest BCUT2D eigenvalue weighted by molar-refractivity contribution is 8.07. The van der Waals surface area contributed by atoms with Crippen molar-refractivity contribution < 1.29 is 71.0 Å². The van der Waals surface area contributed by atoms with Crippen molar-refractivity contribution in [1.29, 1.82) is 0 Å². The molecule has 4 aromatic heterocycles. The molecule has 478 valence electrons. The Morgan fingerprint density at radius 3 is 1.67 bits per heavy atom. The number of hydrogen-bond acceptors (Lipinski definition) is 21. The summed E-state index contributed by atoms with van der Waals surface area (Å²) in [7, 11) is 4.55. The van der Waals surface area contributed by atoms with E-state index in [0.29, 0.717) is 33.8 Å². The number of methoxy groups -OCH3 is 3. The number of fused-ring (bicyclic) bond motifs is 2. The van der Waals surface area contributed by atoms with Gasteiger partial charge in [0.1, 0.15) is 47.8 Å². The highest BCUT2D eigenvalue weighted by atomic mass is 32.5. The van der Waals surface area contributed by atoms with Gasteiger partial charge in [0.15, 0.2) is 52.8 Å². The van der Waals surface area contributed by atoms with E-state index in [9.17, 15) is 28.9 Å². The van der Waals surface area contributed by atoms with Gasteiger partial charge in [-0.15, -0.1) is 0 Å². The molecule has 0 spiro atoms. The van der Waals surface area contributed by atoms with E-state index in [1.54, 1.807) is 107 Å². The lowest BCUT2D eigenvalue weighted by Gasteiger charge is -2.37. The number of ether oxygens (including phenoxy) is 8. The summed E-state index contributed by atoms with van der Waals surface area (Å²) in [4.78, 5) is 105. The average Bonchev–Trinajstić information content (AvgIpc) is 1.37. The number of nitrogens with one attached hydrogen (secondary N) is 3. The van der Waals surface area contributed by atoms with E-state index in [4.69, 9.17) is 58.7 Å². The number of rotatable bonds is 24. The lowest BCUT2D eigenvalue weighted by atomic mass is 9.80. The maximum absolute atomic E-state index is 13.7. The number of nitrogens with zero attached hydrogens (tertiary/aromatic N) is 7. The molecule has 0 aliphatic carbocycles. The normalized spacial score (nSPS) is 20.5. The van der Waals surface area contributed by atoms with Crippen LogP contribution in [0.25, 0.3) is 22.3 Å². The van der Waals surface area contributed by atoms with Crippen LogP contribution in [-0.2, 0) is 64.5 Å². The van der Waals surface area contributed by atoms with Gasteiger partial charge in [0, 0.05) is 18.2 Å². The quantitative estimate of drug-likeness (QED) is 0.0252. The van der Waals surface area contributed by atoms with Crippen molar-refractivity contribution in [2.24, 2.45) is 11.8 Å². The molecule has 5 aromatic carbocycles. The van der Waals surface area contributed by atoms with Gasteiger partial charge in [-0.05, 0) is 77.0 Å². The van der Waals surface area contributed by atoms with Crippen LogP contribution in [0.2, 0.25) is 0 Å². The topological polar surface area (TPSA) is 312 Å². The zero-order chi connectivity index (χ0) is 64.8. The van der Waals surface area contributed by atoms with Crippen molar-refractivity contribution >= 4 is 76.4 Å². The molecule has 1 unspecified atom stereocenters.